The van der Waals surface area contributed by atoms with E-state index in [0.29, 0.717) is 0 Å². The summed E-state index contributed by atoms with van der Waals surface area (Å²) < 4.78 is 0. The zero-order chi connectivity index (χ0) is 10.6. The Kier molecular flexibility index (Phi) is 6.99. The molecule has 1 nitrogen and oxygen atoms in total. The Balaban J connectivity index is 0.00000196. The van der Waals surface area contributed by atoms with Crippen LogP contribution in [-0.4, -0.2) is 0 Å². The maximum absolute atomic E-state index is 6.12. The van der Waals surface area contributed by atoms with Gasteiger partial charge in [0.15, 0.2) is 0 Å². The zero-order valence-electron chi connectivity index (χ0n) is 9.29. The third kappa shape index (κ3) is 4.02. The van der Waals surface area contributed by atoms with Crippen molar-refractivity contribution in [2.24, 2.45) is 5.73 Å². The summed E-state index contributed by atoms with van der Waals surface area (Å²) in [4.78, 5) is 0. The van der Waals surface area contributed by atoms with Gasteiger partial charge in [-0.2, -0.15) is 0 Å². The van der Waals surface area contributed by atoms with Gasteiger partial charge in [0.2, 0.25) is 0 Å². The first kappa shape index (κ1) is 14.8. The van der Waals surface area contributed by atoms with Crippen LogP contribution in [0.3, 0.4) is 0 Å². The van der Waals surface area contributed by atoms with Gasteiger partial charge in [-0.3, -0.25) is 0 Å². The van der Waals surface area contributed by atoms with Crippen LogP contribution in [0.4, 0.5) is 0 Å². The number of hydrogen-bond acceptors (Lipinski definition) is 1. The molecule has 1 atom stereocenters. The molecule has 1 rings (SSSR count). The van der Waals surface area contributed by atoms with E-state index in [4.69, 9.17) is 17.3 Å². The highest BCUT2D eigenvalue weighted by molar-refractivity contribution is 6.31. The first-order valence-corrected chi connectivity index (χ1v) is 5.55. The van der Waals surface area contributed by atoms with Crippen molar-refractivity contribution >= 4 is 24.0 Å². The third-order valence-electron chi connectivity index (χ3n) is 2.51. The van der Waals surface area contributed by atoms with Gasteiger partial charge in [0.05, 0.1) is 0 Å². The molecule has 0 aliphatic carbocycles. The smallest absolute Gasteiger partial charge is 0.0456 e. The van der Waals surface area contributed by atoms with Gasteiger partial charge in [-0.1, -0.05) is 43.5 Å². The molecular weight excluding hydrogens is 229 g/mol. The number of benzene rings is 1. The second-order valence-corrected chi connectivity index (χ2v) is 4.13. The molecule has 0 radical (unpaired) electrons. The lowest BCUT2D eigenvalue weighted by molar-refractivity contribution is 0.601. The summed E-state index contributed by atoms with van der Waals surface area (Å²) >= 11 is 6.12. The first-order chi connectivity index (χ1) is 6.66. The van der Waals surface area contributed by atoms with Crippen molar-refractivity contribution in [1.29, 1.82) is 0 Å². The molecule has 1 aromatic rings. The van der Waals surface area contributed by atoms with Crippen molar-refractivity contribution in [3.8, 4) is 0 Å². The number of rotatable bonds is 4. The quantitative estimate of drug-likeness (QED) is 0.846. The van der Waals surface area contributed by atoms with E-state index in [-0.39, 0.29) is 18.4 Å². The van der Waals surface area contributed by atoms with E-state index in [1.165, 1.54) is 12.0 Å². The Labute approximate surface area is 103 Å². The molecule has 0 heterocycles. The highest BCUT2D eigenvalue weighted by Gasteiger charge is 2.11. The average Bonchev–Trinajstić information content (AvgIpc) is 2.14. The highest BCUT2D eigenvalue weighted by atomic mass is 35.5. The van der Waals surface area contributed by atoms with Gasteiger partial charge in [0, 0.05) is 11.1 Å². The van der Waals surface area contributed by atoms with Crippen LogP contribution in [0.15, 0.2) is 18.2 Å². The van der Waals surface area contributed by atoms with Gasteiger partial charge in [-0.05, 0) is 30.5 Å². The van der Waals surface area contributed by atoms with Gasteiger partial charge in [-0.15, -0.1) is 12.4 Å². The maximum atomic E-state index is 6.12. The number of nitrogens with two attached hydrogens (primary N) is 1. The molecule has 0 aromatic heterocycles. The van der Waals surface area contributed by atoms with E-state index < -0.39 is 0 Å². The minimum atomic E-state index is 0. The van der Waals surface area contributed by atoms with Gasteiger partial charge >= 0.3 is 0 Å². The van der Waals surface area contributed by atoms with E-state index in [0.717, 1.165) is 23.4 Å². The Morgan fingerprint density at radius 2 is 2.07 bits per heavy atom. The molecule has 0 aliphatic heterocycles. The van der Waals surface area contributed by atoms with Crippen LogP contribution in [-0.2, 0) is 0 Å². The summed E-state index contributed by atoms with van der Waals surface area (Å²) in [7, 11) is 0. The number of aryl methyl sites for hydroxylation is 1. The van der Waals surface area contributed by atoms with E-state index >= 15 is 0 Å². The fourth-order valence-electron chi connectivity index (χ4n) is 1.68. The summed E-state index contributed by atoms with van der Waals surface area (Å²) in [6, 6.07) is 6.03. The van der Waals surface area contributed by atoms with Crippen LogP contribution in [0, 0.1) is 6.92 Å². The molecule has 0 unspecified atom stereocenters. The van der Waals surface area contributed by atoms with Crippen molar-refractivity contribution in [2.45, 2.75) is 39.2 Å². The Hall–Kier alpha value is -0.240. The summed E-state index contributed by atoms with van der Waals surface area (Å²) in [5.74, 6) is 0. The highest BCUT2D eigenvalue weighted by Crippen LogP contribution is 2.27. The third-order valence-corrected chi connectivity index (χ3v) is 2.84. The number of hydrogen-bond donors (Lipinski definition) is 1. The molecule has 3 heteroatoms. The Bertz CT molecular complexity index is 279. The van der Waals surface area contributed by atoms with Crippen LogP contribution >= 0.6 is 24.0 Å². The second kappa shape index (κ2) is 7.10. The van der Waals surface area contributed by atoms with Crippen molar-refractivity contribution in [1.82, 2.24) is 0 Å². The summed E-state index contributed by atoms with van der Waals surface area (Å²) in [6.45, 7) is 4.24. The molecule has 0 saturated heterocycles. The normalized spacial score (nSPS) is 12.0. The standard InChI is InChI=1S/C12H18ClN.ClH/c1-3-4-8-11(14)12-9(2)6-5-7-10(12)13;/h5-7,11H,3-4,8,14H2,1-2H3;1H/t11-;/m0./s1. The van der Waals surface area contributed by atoms with E-state index in [9.17, 15) is 0 Å². The fraction of sp³-hybridized carbons (Fsp3) is 0.500. The molecule has 0 amide bonds. The molecule has 0 bridgehead atoms. The molecule has 0 saturated carbocycles. The molecule has 2 N–H and O–H groups in total. The van der Waals surface area contributed by atoms with Crippen molar-refractivity contribution < 1.29 is 0 Å². The summed E-state index contributed by atoms with van der Waals surface area (Å²) in [5.41, 5.74) is 8.41. The fourth-order valence-corrected chi connectivity index (χ4v) is 2.04. The Morgan fingerprint density at radius 1 is 1.40 bits per heavy atom. The lowest BCUT2D eigenvalue weighted by atomic mass is 9.98. The first-order valence-electron chi connectivity index (χ1n) is 5.17. The van der Waals surface area contributed by atoms with E-state index in [1.807, 2.05) is 12.1 Å². The number of halogens is 2. The van der Waals surface area contributed by atoms with Gasteiger partial charge < -0.3 is 5.73 Å². The van der Waals surface area contributed by atoms with Crippen molar-refractivity contribution in [3.05, 3.63) is 34.3 Å². The second-order valence-electron chi connectivity index (χ2n) is 3.72. The SMILES string of the molecule is CCCC[C@H](N)c1c(C)cccc1Cl.Cl. The topological polar surface area (TPSA) is 26.0 Å². The zero-order valence-corrected chi connectivity index (χ0v) is 10.9. The molecular formula is C12H19Cl2N. The largest absolute Gasteiger partial charge is 0.324 e. The van der Waals surface area contributed by atoms with Crippen LogP contribution < -0.4 is 5.73 Å². The number of unbranched alkanes of at least 4 members (excludes halogenated alkanes) is 1. The maximum Gasteiger partial charge on any atom is 0.0456 e. The van der Waals surface area contributed by atoms with Crippen LogP contribution in [0.1, 0.15) is 43.4 Å². The molecule has 86 valence electrons. The minimum Gasteiger partial charge on any atom is -0.324 e. The van der Waals surface area contributed by atoms with E-state index in [1.54, 1.807) is 0 Å². The minimum absolute atomic E-state index is 0. The predicted octanol–water partition coefficient (Wildman–Crippen LogP) is 4.26. The van der Waals surface area contributed by atoms with Gasteiger partial charge in [0.25, 0.3) is 0 Å². The lowest BCUT2D eigenvalue weighted by Gasteiger charge is -2.15. The van der Waals surface area contributed by atoms with Crippen LogP contribution in [0.25, 0.3) is 0 Å². The summed E-state index contributed by atoms with van der Waals surface area (Å²) in [6.07, 6.45) is 3.35. The monoisotopic (exact) mass is 247 g/mol. The van der Waals surface area contributed by atoms with Crippen LogP contribution in [0.5, 0.6) is 0 Å². The van der Waals surface area contributed by atoms with Crippen molar-refractivity contribution in [3.63, 3.8) is 0 Å². The van der Waals surface area contributed by atoms with E-state index in [2.05, 4.69) is 19.9 Å². The van der Waals surface area contributed by atoms with Gasteiger partial charge in [-0.25, -0.2) is 0 Å². The van der Waals surface area contributed by atoms with Crippen LogP contribution in [0.2, 0.25) is 5.02 Å². The molecule has 0 fully saturated rings. The molecule has 1 aromatic carbocycles. The molecule has 15 heavy (non-hydrogen) atoms. The molecule has 0 aliphatic rings. The van der Waals surface area contributed by atoms with Crippen molar-refractivity contribution in [2.75, 3.05) is 0 Å². The molecule has 0 spiro atoms. The average molecular weight is 248 g/mol. The Morgan fingerprint density at radius 3 is 2.60 bits per heavy atom. The predicted molar refractivity (Wildman–Crippen MR) is 69.9 cm³/mol. The summed E-state index contributed by atoms with van der Waals surface area (Å²) in [5, 5.41) is 0.800. The lowest BCUT2D eigenvalue weighted by Crippen LogP contribution is -2.12. The van der Waals surface area contributed by atoms with Gasteiger partial charge in [0.1, 0.15) is 0 Å².